The average Bonchev–Trinajstić information content (AvgIpc) is 2.58. The van der Waals surface area contributed by atoms with E-state index in [1.807, 2.05) is 31.2 Å². The first-order valence-corrected chi connectivity index (χ1v) is 10.2. The molecule has 0 spiro atoms. The Labute approximate surface area is 148 Å². The highest BCUT2D eigenvalue weighted by Crippen LogP contribution is 2.33. The van der Waals surface area contributed by atoms with Crippen LogP contribution in [0.25, 0.3) is 5.57 Å². The van der Waals surface area contributed by atoms with Crippen molar-refractivity contribution in [2.24, 2.45) is 5.73 Å². The molecule has 132 valence electrons. The first-order chi connectivity index (χ1) is 11.9. The van der Waals surface area contributed by atoms with Gasteiger partial charge in [-0.1, -0.05) is 42.0 Å². The zero-order valence-corrected chi connectivity index (χ0v) is 15.0. The predicted molar refractivity (Wildman–Crippen MR) is 99.4 cm³/mol. The Hall–Kier alpha value is -1.98. The zero-order valence-electron chi connectivity index (χ0n) is 14.2. The summed E-state index contributed by atoms with van der Waals surface area (Å²) in [6.07, 6.45) is 1.04. The van der Waals surface area contributed by atoms with E-state index in [0.29, 0.717) is 12.8 Å². The van der Waals surface area contributed by atoms with Crippen LogP contribution < -0.4 is 5.73 Å². The Kier molecular flexibility index (Phi) is 5.06. The van der Waals surface area contributed by atoms with Crippen LogP contribution >= 0.6 is 0 Å². The molecule has 0 aliphatic carbocycles. The molecule has 0 bridgehead atoms. The quantitative estimate of drug-likeness (QED) is 0.905. The molecule has 1 saturated heterocycles. The molecule has 1 atom stereocenters. The van der Waals surface area contributed by atoms with Crippen molar-refractivity contribution in [2.75, 3.05) is 11.5 Å². The van der Waals surface area contributed by atoms with Gasteiger partial charge in [-0.2, -0.15) is 0 Å². The first-order valence-electron chi connectivity index (χ1n) is 8.40. The summed E-state index contributed by atoms with van der Waals surface area (Å²) in [5.74, 6) is 0.0576. The van der Waals surface area contributed by atoms with Crippen LogP contribution in [0.1, 0.15) is 42.5 Å². The van der Waals surface area contributed by atoms with Crippen molar-refractivity contribution in [3.63, 3.8) is 0 Å². The van der Waals surface area contributed by atoms with Crippen LogP contribution in [0.15, 0.2) is 54.1 Å². The summed E-state index contributed by atoms with van der Waals surface area (Å²) in [6.45, 7) is 1.93. The van der Waals surface area contributed by atoms with Gasteiger partial charge in [0.05, 0.1) is 11.5 Å². The fourth-order valence-corrected chi connectivity index (χ4v) is 4.50. The van der Waals surface area contributed by atoms with Crippen LogP contribution in [0.2, 0.25) is 0 Å². The van der Waals surface area contributed by atoms with Crippen molar-refractivity contribution in [3.8, 4) is 0 Å². The second-order valence-electron chi connectivity index (χ2n) is 6.55. The number of hydrogen-bond donors (Lipinski definition) is 1. The zero-order chi connectivity index (χ0) is 18.0. The lowest BCUT2D eigenvalue weighted by atomic mass is 9.89. The van der Waals surface area contributed by atoms with Crippen molar-refractivity contribution < 1.29 is 12.8 Å². The van der Waals surface area contributed by atoms with E-state index < -0.39 is 9.84 Å². The second kappa shape index (κ2) is 7.10. The van der Waals surface area contributed by atoms with Gasteiger partial charge < -0.3 is 5.73 Å². The molecule has 0 unspecified atom stereocenters. The van der Waals surface area contributed by atoms with Gasteiger partial charge in [-0.05, 0) is 54.2 Å². The van der Waals surface area contributed by atoms with E-state index in [1.165, 1.54) is 12.1 Å². The lowest BCUT2D eigenvalue weighted by molar-refractivity contribution is 0.589. The van der Waals surface area contributed by atoms with Gasteiger partial charge in [-0.25, -0.2) is 12.8 Å². The smallest absolute Gasteiger partial charge is 0.150 e. The monoisotopic (exact) mass is 359 g/mol. The predicted octanol–water partition coefficient (Wildman–Crippen LogP) is 3.86. The molecule has 1 heterocycles. The normalized spacial score (nSPS) is 18.0. The Morgan fingerprint density at radius 3 is 1.92 bits per heavy atom. The van der Waals surface area contributed by atoms with Gasteiger partial charge in [0.15, 0.2) is 9.84 Å². The number of sulfone groups is 1. The molecule has 1 fully saturated rings. The summed E-state index contributed by atoms with van der Waals surface area (Å²) in [5.41, 5.74) is 11.0. The summed E-state index contributed by atoms with van der Waals surface area (Å²) < 4.78 is 36.9. The number of rotatable bonds is 3. The molecule has 1 aliphatic heterocycles. The summed E-state index contributed by atoms with van der Waals surface area (Å²) in [5, 5.41) is 0. The summed E-state index contributed by atoms with van der Waals surface area (Å²) in [4.78, 5) is 0. The Morgan fingerprint density at radius 2 is 1.44 bits per heavy atom. The van der Waals surface area contributed by atoms with E-state index in [2.05, 4.69) is 0 Å². The van der Waals surface area contributed by atoms with E-state index >= 15 is 0 Å². The maximum atomic E-state index is 13.3. The lowest BCUT2D eigenvalue weighted by Gasteiger charge is -2.21. The van der Waals surface area contributed by atoms with Gasteiger partial charge in [0.1, 0.15) is 5.82 Å². The SMILES string of the molecule is C[C@@H](N)c1ccc(C(=C2CCS(=O)(=O)CC2)c2ccc(F)cc2)cc1. The lowest BCUT2D eigenvalue weighted by Crippen LogP contribution is -2.19. The van der Waals surface area contributed by atoms with E-state index in [1.54, 1.807) is 12.1 Å². The molecule has 0 saturated carbocycles. The summed E-state index contributed by atoms with van der Waals surface area (Å²) in [6, 6.07) is 14.3. The first kappa shape index (κ1) is 17.8. The fraction of sp³-hybridized carbons (Fsp3) is 0.300. The van der Waals surface area contributed by atoms with Crippen LogP contribution in [0.4, 0.5) is 4.39 Å². The third kappa shape index (κ3) is 4.17. The van der Waals surface area contributed by atoms with E-state index in [0.717, 1.165) is 27.8 Å². The van der Waals surface area contributed by atoms with Gasteiger partial charge in [0.2, 0.25) is 0 Å². The molecular weight excluding hydrogens is 337 g/mol. The largest absolute Gasteiger partial charge is 0.324 e. The van der Waals surface area contributed by atoms with Crippen LogP contribution in [0, 0.1) is 5.82 Å². The molecule has 2 aromatic rings. The van der Waals surface area contributed by atoms with E-state index in [-0.39, 0.29) is 23.4 Å². The minimum Gasteiger partial charge on any atom is -0.324 e. The number of allylic oxidation sites excluding steroid dienone is 1. The average molecular weight is 359 g/mol. The fourth-order valence-electron chi connectivity index (χ4n) is 3.18. The minimum atomic E-state index is -2.95. The number of halogens is 1. The standard InChI is InChI=1S/C20H22FNO2S/c1-14(22)15-2-4-16(5-3-15)20(17-6-8-19(21)9-7-17)18-10-12-25(23,24)13-11-18/h2-9,14H,10-13,22H2,1H3/t14-/m1/s1. The van der Waals surface area contributed by atoms with Crippen molar-refractivity contribution in [1.29, 1.82) is 0 Å². The molecule has 2 N–H and O–H groups in total. The van der Waals surface area contributed by atoms with Gasteiger partial charge in [-0.3, -0.25) is 0 Å². The third-order valence-corrected chi connectivity index (χ3v) is 6.29. The maximum absolute atomic E-state index is 13.3. The van der Waals surface area contributed by atoms with E-state index in [9.17, 15) is 12.8 Å². The molecule has 0 aromatic heterocycles. The highest BCUT2D eigenvalue weighted by Gasteiger charge is 2.22. The van der Waals surface area contributed by atoms with Crippen molar-refractivity contribution in [1.82, 2.24) is 0 Å². The molecule has 2 aromatic carbocycles. The topological polar surface area (TPSA) is 60.2 Å². The second-order valence-corrected chi connectivity index (χ2v) is 8.85. The van der Waals surface area contributed by atoms with Gasteiger partial charge >= 0.3 is 0 Å². The molecule has 3 nitrogen and oxygen atoms in total. The van der Waals surface area contributed by atoms with Crippen molar-refractivity contribution in [3.05, 3.63) is 76.6 Å². The van der Waals surface area contributed by atoms with Gasteiger partial charge in [0.25, 0.3) is 0 Å². The highest BCUT2D eigenvalue weighted by atomic mass is 32.2. The minimum absolute atomic E-state index is 0.0456. The van der Waals surface area contributed by atoms with Crippen molar-refractivity contribution in [2.45, 2.75) is 25.8 Å². The molecular formula is C20H22FNO2S. The maximum Gasteiger partial charge on any atom is 0.150 e. The van der Waals surface area contributed by atoms with Crippen LogP contribution in [0.5, 0.6) is 0 Å². The molecule has 0 radical (unpaired) electrons. The summed E-state index contributed by atoms with van der Waals surface area (Å²) >= 11 is 0. The van der Waals surface area contributed by atoms with Gasteiger partial charge in [-0.15, -0.1) is 0 Å². The molecule has 1 aliphatic rings. The van der Waals surface area contributed by atoms with Gasteiger partial charge in [0, 0.05) is 6.04 Å². The van der Waals surface area contributed by atoms with E-state index in [4.69, 9.17) is 5.73 Å². The highest BCUT2D eigenvalue weighted by molar-refractivity contribution is 7.91. The molecule has 3 rings (SSSR count). The summed E-state index contributed by atoms with van der Waals surface area (Å²) in [7, 11) is -2.95. The molecule has 25 heavy (non-hydrogen) atoms. The number of nitrogens with two attached hydrogens (primary N) is 1. The molecule has 0 amide bonds. The van der Waals surface area contributed by atoms with Crippen LogP contribution in [0.3, 0.4) is 0 Å². The Morgan fingerprint density at radius 1 is 0.960 bits per heavy atom. The third-order valence-electron chi connectivity index (χ3n) is 4.64. The van der Waals surface area contributed by atoms with Crippen LogP contribution in [-0.2, 0) is 9.84 Å². The van der Waals surface area contributed by atoms with Crippen LogP contribution in [-0.4, -0.2) is 19.9 Å². The Bertz CT molecular complexity index is 866. The van der Waals surface area contributed by atoms with Crippen molar-refractivity contribution >= 4 is 15.4 Å². The molecule has 5 heteroatoms. The number of hydrogen-bond acceptors (Lipinski definition) is 3. The Balaban J connectivity index is 2.07. The number of benzene rings is 2.